The molecule has 0 spiro atoms. The molecule has 0 aromatic heterocycles. The maximum Gasteiger partial charge on any atom is 0.251 e. The first-order valence-electron chi connectivity index (χ1n) is 7.94. The molecule has 5 nitrogen and oxygen atoms in total. The summed E-state index contributed by atoms with van der Waals surface area (Å²) >= 11 is 0. The summed E-state index contributed by atoms with van der Waals surface area (Å²) < 4.78 is 0. The number of hydrogen-bond acceptors (Lipinski definition) is 3. The van der Waals surface area contributed by atoms with Crippen LogP contribution in [0.5, 0.6) is 0 Å². The fourth-order valence-electron chi connectivity index (χ4n) is 3.95. The molecule has 1 aromatic carbocycles. The van der Waals surface area contributed by atoms with Crippen LogP contribution < -0.4 is 16.4 Å². The predicted molar refractivity (Wildman–Crippen MR) is 91.2 cm³/mol. The van der Waals surface area contributed by atoms with Gasteiger partial charge in [-0.1, -0.05) is 12.1 Å². The Kier molecular flexibility index (Phi) is 5.65. The molecule has 4 N–H and O–H groups in total. The molecule has 0 aliphatic heterocycles. The molecule has 3 rings (SSSR count). The number of halogens is 1. The zero-order chi connectivity index (χ0) is 15.7. The van der Waals surface area contributed by atoms with Crippen LogP contribution in [-0.2, 0) is 11.3 Å². The first-order chi connectivity index (χ1) is 10.6. The van der Waals surface area contributed by atoms with E-state index in [4.69, 9.17) is 5.73 Å². The van der Waals surface area contributed by atoms with Gasteiger partial charge in [0, 0.05) is 25.2 Å². The highest BCUT2D eigenvalue weighted by atomic mass is 35.5. The van der Waals surface area contributed by atoms with E-state index in [1.807, 2.05) is 12.1 Å². The van der Waals surface area contributed by atoms with Gasteiger partial charge in [-0.25, -0.2) is 0 Å². The first-order valence-corrected chi connectivity index (χ1v) is 7.94. The lowest BCUT2D eigenvalue weighted by Crippen LogP contribution is -2.45. The minimum Gasteiger partial charge on any atom is -0.355 e. The fraction of sp³-hybridized carbons (Fsp3) is 0.529. The zero-order valence-electron chi connectivity index (χ0n) is 13.2. The zero-order valence-corrected chi connectivity index (χ0v) is 14.1. The van der Waals surface area contributed by atoms with Crippen LogP contribution in [0.4, 0.5) is 0 Å². The Labute approximate surface area is 142 Å². The van der Waals surface area contributed by atoms with Gasteiger partial charge in [-0.05, 0) is 48.8 Å². The molecule has 126 valence electrons. The molecule has 4 atom stereocenters. The summed E-state index contributed by atoms with van der Waals surface area (Å²) in [5, 5.41) is 5.59. The van der Waals surface area contributed by atoms with E-state index < -0.39 is 0 Å². The second kappa shape index (κ2) is 7.32. The van der Waals surface area contributed by atoms with Gasteiger partial charge < -0.3 is 16.4 Å². The molecule has 2 fully saturated rings. The lowest BCUT2D eigenvalue weighted by atomic mass is 9.84. The van der Waals surface area contributed by atoms with Crippen LogP contribution in [-0.4, -0.2) is 24.9 Å². The van der Waals surface area contributed by atoms with E-state index in [-0.39, 0.29) is 36.2 Å². The highest BCUT2D eigenvalue weighted by Gasteiger charge is 2.48. The molecule has 0 heterocycles. The van der Waals surface area contributed by atoms with Crippen LogP contribution >= 0.6 is 12.4 Å². The van der Waals surface area contributed by atoms with Crippen molar-refractivity contribution in [2.24, 2.45) is 23.5 Å². The van der Waals surface area contributed by atoms with Gasteiger partial charge in [-0.2, -0.15) is 0 Å². The van der Waals surface area contributed by atoms with E-state index in [1.54, 1.807) is 19.2 Å². The van der Waals surface area contributed by atoms with Crippen LogP contribution in [0.15, 0.2) is 24.3 Å². The van der Waals surface area contributed by atoms with Crippen LogP contribution in [0.2, 0.25) is 0 Å². The molecule has 4 unspecified atom stereocenters. The lowest BCUT2D eigenvalue weighted by molar-refractivity contribution is -0.127. The van der Waals surface area contributed by atoms with E-state index in [9.17, 15) is 9.59 Å². The number of carbonyl (C=O) groups is 2. The molecule has 2 saturated carbocycles. The minimum atomic E-state index is -0.108. The topological polar surface area (TPSA) is 84.2 Å². The van der Waals surface area contributed by atoms with Crippen molar-refractivity contribution < 1.29 is 9.59 Å². The van der Waals surface area contributed by atoms with Crippen LogP contribution in [0.25, 0.3) is 0 Å². The third kappa shape index (κ3) is 3.51. The number of fused-ring (bicyclic) bond motifs is 2. The Balaban J connectivity index is 0.00000192. The van der Waals surface area contributed by atoms with E-state index in [0.717, 1.165) is 18.4 Å². The largest absolute Gasteiger partial charge is 0.355 e. The van der Waals surface area contributed by atoms with Gasteiger partial charge in [0.15, 0.2) is 0 Å². The van der Waals surface area contributed by atoms with Crippen molar-refractivity contribution in [1.82, 2.24) is 10.6 Å². The molecular weight excluding hydrogens is 314 g/mol. The van der Waals surface area contributed by atoms with Crippen LogP contribution in [0.1, 0.15) is 35.2 Å². The highest BCUT2D eigenvalue weighted by Crippen LogP contribution is 2.47. The molecule has 23 heavy (non-hydrogen) atoms. The van der Waals surface area contributed by atoms with Crippen molar-refractivity contribution in [3.63, 3.8) is 0 Å². The van der Waals surface area contributed by atoms with Crippen molar-refractivity contribution in [3.05, 3.63) is 35.4 Å². The number of benzene rings is 1. The van der Waals surface area contributed by atoms with E-state index >= 15 is 0 Å². The van der Waals surface area contributed by atoms with Gasteiger partial charge in [0.2, 0.25) is 5.91 Å². The van der Waals surface area contributed by atoms with E-state index in [0.29, 0.717) is 23.9 Å². The summed E-state index contributed by atoms with van der Waals surface area (Å²) in [5.41, 5.74) is 7.80. The van der Waals surface area contributed by atoms with Crippen LogP contribution in [0, 0.1) is 17.8 Å². The van der Waals surface area contributed by atoms with Crippen molar-refractivity contribution in [3.8, 4) is 0 Å². The number of nitrogens with two attached hydrogens (primary N) is 1. The molecule has 6 heteroatoms. The van der Waals surface area contributed by atoms with Crippen LogP contribution in [0.3, 0.4) is 0 Å². The fourth-order valence-corrected chi connectivity index (χ4v) is 3.95. The molecule has 2 bridgehead atoms. The van der Waals surface area contributed by atoms with E-state index in [1.165, 1.54) is 6.42 Å². The number of amides is 2. The third-order valence-electron chi connectivity index (χ3n) is 5.19. The van der Waals surface area contributed by atoms with Crippen molar-refractivity contribution in [1.29, 1.82) is 0 Å². The third-order valence-corrected chi connectivity index (χ3v) is 5.19. The van der Waals surface area contributed by atoms with Gasteiger partial charge in [-0.3, -0.25) is 9.59 Å². The maximum absolute atomic E-state index is 12.4. The van der Waals surface area contributed by atoms with E-state index in [2.05, 4.69) is 10.6 Å². The molecule has 0 radical (unpaired) electrons. The van der Waals surface area contributed by atoms with Gasteiger partial charge >= 0.3 is 0 Å². The maximum atomic E-state index is 12.4. The second-order valence-electron chi connectivity index (χ2n) is 6.43. The Morgan fingerprint density at radius 2 is 1.83 bits per heavy atom. The smallest absolute Gasteiger partial charge is 0.251 e. The molecule has 2 amide bonds. The predicted octanol–water partition coefficient (Wildman–Crippen LogP) is 1.46. The summed E-state index contributed by atoms with van der Waals surface area (Å²) in [6.07, 6.45) is 3.42. The highest BCUT2D eigenvalue weighted by molar-refractivity contribution is 5.93. The number of rotatable bonds is 4. The lowest BCUT2D eigenvalue weighted by Gasteiger charge is -2.27. The number of carbonyl (C=O) groups excluding carboxylic acids is 2. The molecule has 2 aliphatic carbocycles. The Hall–Kier alpha value is -1.59. The molecule has 1 aromatic rings. The van der Waals surface area contributed by atoms with Crippen molar-refractivity contribution in [2.45, 2.75) is 31.8 Å². The van der Waals surface area contributed by atoms with Crippen molar-refractivity contribution >= 4 is 24.2 Å². The molecule has 0 saturated heterocycles. The van der Waals surface area contributed by atoms with Gasteiger partial charge in [0.1, 0.15) is 0 Å². The van der Waals surface area contributed by atoms with Gasteiger partial charge in [-0.15, -0.1) is 12.4 Å². The summed E-state index contributed by atoms with van der Waals surface area (Å²) in [6, 6.07) is 7.29. The summed E-state index contributed by atoms with van der Waals surface area (Å²) in [7, 11) is 1.61. The number of hydrogen-bond donors (Lipinski definition) is 3. The molecular formula is C17H24ClN3O2. The Morgan fingerprint density at radius 3 is 2.39 bits per heavy atom. The first kappa shape index (κ1) is 17.8. The van der Waals surface area contributed by atoms with Gasteiger partial charge in [0.05, 0.1) is 5.92 Å². The minimum absolute atomic E-state index is 0. The Bertz CT molecular complexity index is 574. The standard InChI is InChI=1S/C17H23N3O2.ClH/c1-19-16(21)11-4-2-10(3-5-11)9-20-17(22)14-12-6-7-13(8-12)15(14)18;/h2-5,12-15H,6-9,18H2,1H3,(H,19,21)(H,20,22);1H. The number of nitrogens with one attached hydrogen (secondary N) is 2. The summed E-state index contributed by atoms with van der Waals surface area (Å²) in [5.74, 6) is 0.950. The van der Waals surface area contributed by atoms with Crippen molar-refractivity contribution in [2.75, 3.05) is 7.05 Å². The summed E-state index contributed by atoms with van der Waals surface area (Å²) in [4.78, 5) is 23.9. The molecule has 2 aliphatic rings. The SMILES string of the molecule is CNC(=O)c1ccc(CNC(=O)C2C3CCC(C3)C2N)cc1.Cl. The normalized spacial score (nSPS) is 28.1. The summed E-state index contributed by atoms with van der Waals surface area (Å²) in [6.45, 7) is 0.480. The average Bonchev–Trinajstić information content (AvgIpc) is 3.13. The van der Waals surface area contributed by atoms with Gasteiger partial charge in [0.25, 0.3) is 5.91 Å². The second-order valence-corrected chi connectivity index (χ2v) is 6.43. The Morgan fingerprint density at radius 1 is 1.17 bits per heavy atom. The quantitative estimate of drug-likeness (QED) is 0.777. The monoisotopic (exact) mass is 337 g/mol. The average molecular weight is 338 g/mol.